The van der Waals surface area contributed by atoms with E-state index in [9.17, 15) is 4.39 Å². The molecular weight excluding hydrogens is 225 g/mol. The largest absolute Gasteiger partial charge is 0.409 e. The number of benzene rings is 1. The van der Waals surface area contributed by atoms with E-state index in [-0.39, 0.29) is 11.4 Å². The number of amidine groups is 1. The molecule has 0 aliphatic rings. The highest BCUT2D eigenvalue weighted by atomic mass is 19.1. The van der Waals surface area contributed by atoms with Crippen LogP contribution in [0.25, 0.3) is 0 Å². The number of hydrogen-bond donors (Lipinski definition) is 2. The van der Waals surface area contributed by atoms with E-state index in [1.165, 1.54) is 6.07 Å². The second-order valence-electron chi connectivity index (χ2n) is 3.53. The molecule has 5 nitrogen and oxygen atoms in total. The zero-order chi connectivity index (χ0) is 12.8. The molecule has 0 aliphatic carbocycles. The van der Waals surface area contributed by atoms with Gasteiger partial charge in [-0.15, -0.1) is 0 Å². The number of nitrogens with zero attached hydrogens (tertiary/aromatic N) is 2. The van der Waals surface area contributed by atoms with Gasteiger partial charge < -0.3 is 20.6 Å². The summed E-state index contributed by atoms with van der Waals surface area (Å²) in [6.45, 7) is 1.08. The van der Waals surface area contributed by atoms with Crippen molar-refractivity contribution in [1.82, 2.24) is 0 Å². The summed E-state index contributed by atoms with van der Waals surface area (Å²) in [5.41, 5.74) is 6.11. The number of oxime groups is 1. The molecule has 3 N–H and O–H groups in total. The molecule has 1 aromatic rings. The first kappa shape index (κ1) is 13.2. The van der Waals surface area contributed by atoms with Crippen molar-refractivity contribution in [3.63, 3.8) is 0 Å². The normalized spacial score (nSPS) is 11.6. The minimum atomic E-state index is -0.526. The van der Waals surface area contributed by atoms with Crippen molar-refractivity contribution in [2.45, 2.75) is 0 Å². The third-order valence-electron chi connectivity index (χ3n) is 2.40. The molecule has 0 saturated carbocycles. The third kappa shape index (κ3) is 3.07. The zero-order valence-corrected chi connectivity index (χ0v) is 9.85. The minimum absolute atomic E-state index is 0.0913. The van der Waals surface area contributed by atoms with Crippen molar-refractivity contribution in [3.05, 3.63) is 29.6 Å². The fourth-order valence-electron chi connectivity index (χ4n) is 1.48. The second kappa shape index (κ2) is 6.05. The fourth-order valence-corrected chi connectivity index (χ4v) is 1.48. The van der Waals surface area contributed by atoms with E-state index in [1.54, 1.807) is 31.2 Å². The van der Waals surface area contributed by atoms with Crippen LogP contribution in [0, 0.1) is 5.82 Å². The number of halogens is 1. The van der Waals surface area contributed by atoms with Crippen molar-refractivity contribution < 1.29 is 14.3 Å². The lowest BCUT2D eigenvalue weighted by Gasteiger charge is -2.21. The Balaban J connectivity index is 3.10. The summed E-state index contributed by atoms with van der Waals surface area (Å²) in [4.78, 5) is 1.78. The van der Waals surface area contributed by atoms with Gasteiger partial charge in [0.2, 0.25) is 0 Å². The van der Waals surface area contributed by atoms with Gasteiger partial charge in [0.15, 0.2) is 5.84 Å². The summed E-state index contributed by atoms with van der Waals surface area (Å²) in [7, 11) is 3.37. The lowest BCUT2D eigenvalue weighted by atomic mass is 10.1. The smallest absolute Gasteiger partial charge is 0.175 e. The Labute approximate surface area is 99.3 Å². The summed E-state index contributed by atoms with van der Waals surface area (Å²) in [6.07, 6.45) is 0. The van der Waals surface area contributed by atoms with Gasteiger partial charge in [-0.25, -0.2) is 4.39 Å². The highest BCUT2D eigenvalue weighted by Crippen LogP contribution is 2.21. The monoisotopic (exact) mass is 241 g/mol. The van der Waals surface area contributed by atoms with Gasteiger partial charge in [0.25, 0.3) is 0 Å². The second-order valence-corrected chi connectivity index (χ2v) is 3.53. The number of likely N-dealkylation sites (N-methyl/N-ethyl adjacent to an activating group) is 1. The number of methoxy groups -OCH3 is 1. The summed E-state index contributed by atoms with van der Waals surface area (Å²) >= 11 is 0. The summed E-state index contributed by atoms with van der Waals surface area (Å²) in [5.74, 6) is -0.774. The van der Waals surface area contributed by atoms with Crippen molar-refractivity contribution in [2.75, 3.05) is 32.2 Å². The Hall–Kier alpha value is -1.82. The molecule has 0 saturated heterocycles. The molecule has 0 atom stereocenters. The summed E-state index contributed by atoms with van der Waals surface area (Å²) in [6, 6.07) is 4.54. The Kier molecular flexibility index (Phi) is 4.71. The van der Waals surface area contributed by atoms with Crippen LogP contribution in [-0.2, 0) is 4.74 Å². The van der Waals surface area contributed by atoms with Gasteiger partial charge in [-0.1, -0.05) is 11.2 Å². The Morgan fingerprint density at radius 2 is 2.29 bits per heavy atom. The molecule has 0 amide bonds. The van der Waals surface area contributed by atoms with Gasteiger partial charge in [0.1, 0.15) is 5.82 Å². The maximum absolute atomic E-state index is 13.6. The number of rotatable bonds is 5. The molecule has 0 fully saturated rings. The lowest BCUT2D eigenvalue weighted by Crippen LogP contribution is -2.26. The van der Waals surface area contributed by atoms with Crippen LogP contribution in [0.5, 0.6) is 0 Å². The molecule has 0 bridgehead atoms. The molecule has 1 rings (SSSR count). The maximum atomic E-state index is 13.6. The predicted octanol–water partition coefficient (Wildman–Crippen LogP) is 1.00. The highest BCUT2D eigenvalue weighted by molar-refractivity contribution is 6.02. The van der Waals surface area contributed by atoms with Crippen molar-refractivity contribution in [1.29, 1.82) is 0 Å². The number of anilines is 1. The van der Waals surface area contributed by atoms with Crippen LogP contribution in [0.2, 0.25) is 0 Å². The first-order valence-electron chi connectivity index (χ1n) is 5.08. The molecule has 0 radical (unpaired) electrons. The van der Waals surface area contributed by atoms with Crippen molar-refractivity contribution >= 4 is 11.5 Å². The first-order chi connectivity index (χ1) is 8.11. The SMILES string of the molecule is COCCN(C)c1cccc(F)c1C(N)=NO. The van der Waals surface area contributed by atoms with Gasteiger partial charge in [-0.3, -0.25) is 0 Å². The molecular formula is C11H16FN3O2. The molecule has 0 spiro atoms. The fraction of sp³-hybridized carbons (Fsp3) is 0.364. The van der Waals surface area contributed by atoms with Crippen LogP contribution in [0.4, 0.5) is 10.1 Å². The van der Waals surface area contributed by atoms with Crippen LogP contribution in [0.15, 0.2) is 23.4 Å². The van der Waals surface area contributed by atoms with Gasteiger partial charge in [0.05, 0.1) is 17.9 Å². The van der Waals surface area contributed by atoms with Crippen molar-refractivity contribution in [3.8, 4) is 0 Å². The quantitative estimate of drug-likeness (QED) is 0.349. The predicted molar refractivity (Wildman–Crippen MR) is 64.1 cm³/mol. The van der Waals surface area contributed by atoms with E-state index in [1.807, 2.05) is 0 Å². The van der Waals surface area contributed by atoms with Gasteiger partial charge in [-0.05, 0) is 12.1 Å². The molecule has 0 heterocycles. The van der Waals surface area contributed by atoms with Crippen molar-refractivity contribution in [2.24, 2.45) is 10.9 Å². The standard InChI is InChI=1S/C11H16FN3O2/c1-15(6-7-17-2)9-5-3-4-8(12)10(9)11(13)14-16/h3-5,16H,6-7H2,1-2H3,(H2,13,14). The van der Waals surface area contributed by atoms with Crippen LogP contribution < -0.4 is 10.6 Å². The molecule has 0 unspecified atom stereocenters. The van der Waals surface area contributed by atoms with Crippen LogP contribution >= 0.6 is 0 Å². The van der Waals surface area contributed by atoms with Crippen LogP contribution in [0.3, 0.4) is 0 Å². The topological polar surface area (TPSA) is 71.1 Å². The van der Waals surface area contributed by atoms with Gasteiger partial charge in [-0.2, -0.15) is 0 Å². The third-order valence-corrected chi connectivity index (χ3v) is 2.40. The molecule has 1 aromatic carbocycles. The van der Waals surface area contributed by atoms with Crippen LogP contribution in [0.1, 0.15) is 5.56 Å². The van der Waals surface area contributed by atoms with E-state index >= 15 is 0 Å². The van der Waals surface area contributed by atoms with E-state index in [0.29, 0.717) is 18.8 Å². The highest BCUT2D eigenvalue weighted by Gasteiger charge is 2.15. The van der Waals surface area contributed by atoms with E-state index < -0.39 is 5.82 Å². The number of ether oxygens (including phenoxy) is 1. The zero-order valence-electron chi connectivity index (χ0n) is 9.85. The Morgan fingerprint density at radius 3 is 2.88 bits per heavy atom. The molecule has 17 heavy (non-hydrogen) atoms. The average Bonchev–Trinajstić information content (AvgIpc) is 2.34. The first-order valence-corrected chi connectivity index (χ1v) is 5.08. The van der Waals surface area contributed by atoms with E-state index in [0.717, 1.165) is 0 Å². The lowest BCUT2D eigenvalue weighted by molar-refractivity contribution is 0.206. The number of nitrogens with two attached hydrogens (primary N) is 1. The molecule has 94 valence electrons. The van der Waals surface area contributed by atoms with Gasteiger partial charge in [0, 0.05) is 20.7 Å². The Morgan fingerprint density at radius 1 is 1.59 bits per heavy atom. The van der Waals surface area contributed by atoms with Crippen LogP contribution in [-0.4, -0.2) is 38.4 Å². The molecule has 0 aromatic heterocycles. The molecule has 6 heteroatoms. The number of hydrogen-bond acceptors (Lipinski definition) is 4. The molecule has 0 aliphatic heterocycles. The minimum Gasteiger partial charge on any atom is -0.409 e. The van der Waals surface area contributed by atoms with E-state index in [4.69, 9.17) is 15.7 Å². The summed E-state index contributed by atoms with van der Waals surface area (Å²) in [5, 5.41) is 11.5. The summed E-state index contributed by atoms with van der Waals surface area (Å²) < 4.78 is 18.6. The van der Waals surface area contributed by atoms with E-state index in [2.05, 4.69) is 5.16 Å². The average molecular weight is 241 g/mol. The van der Waals surface area contributed by atoms with Gasteiger partial charge >= 0.3 is 0 Å². The Bertz CT molecular complexity index is 410. The maximum Gasteiger partial charge on any atom is 0.175 e.